The number of ether oxygens (including phenoxy) is 1. The number of amides is 3. The standard InChI is InChI=1S/C24H35N3O5S/c1-16-7-8-21(32-16)20(26-10-12-31-13-11-26)15-25-22(28)19(9-14-33-2)27-23(29)17-5-3-4-6-18(17)24(27)30/h7-8,17-20H,3-6,9-15H2,1-2H3,(H,25,28). The number of thioether (sulfide) groups is 1. The number of aryl methyl sites for hydroxylation is 1. The molecule has 1 saturated carbocycles. The van der Waals surface area contributed by atoms with Crippen molar-refractivity contribution in [3.05, 3.63) is 23.7 Å². The lowest BCUT2D eigenvalue weighted by molar-refractivity contribution is -0.148. The van der Waals surface area contributed by atoms with Gasteiger partial charge in [-0.05, 0) is 50.3 Å². The molecule has 2 aliphatic heterocycles. The molecule has 1 aromatic heterocycles. The number of morpholine rings is 1. The molecule has 182 valence electrons. The molecule has 9 heteroatoms. The van der Waals surface area contributed by atoms with Crippen LogP contribution in [0.5, 0.6) is 0 Å². The third-order valence-corrected chi connectivity index (χ3v) is 7.77. The predicted molar refractivity (Wildman–Crippen MR) is 126 cm³/mol. The number of nitrogens with one attached hydrogen (secondary N) is 1. The van der Waals surface area contributed by atoms with Crippen LogP contribution in [0.4, 0.5) is 0 Å². The van der Waals surface area contributed by atoms with E-state index in [9.17, 15) is 14.4 Å². The maximum absolute atomic E-state index is 13.4. The fourth-order valence-electron chi connectivity index (χ4n) is 5.35. The topological polar surface area (TPSA) is 92.1 Å². The fourth-order valence-corrected chi connectivity index (χ4v) is 5.81. The van der Waals surface area contributed by atoms with Crippen LogP contribution < -0.4 is 5.32 Å². The third-order valence-electron chi connectivity index (χ3n) is 7.13. The van der Waals surface area contributed by atoms with E-state index in [-0.39, 0.29) is 35.6 Å². The largest absolute Gasteiger partial charge is 0.465 e. The number of rotatable bonds is 9. The number of hydrogen-bond acceptors (Lipinski definition) is 7. The minimum atomic E-state index is -0.758. The smallest absolute Gasteiger partial charge is 0.243 e. The molecule has 0 bridgehead atoms. The first-order valence-corrected chi connectivity index (χ1v) is 13.4. The molecule has 1 aliphatic carbocycles. The fraction of sp³-hybridized carbons (Fsp3) is 0.708. The summed E-state index contributed by atoms with van der Waals surface area (Å²) in [7, 11) is 0. The maximum atomic E-state index is 13.4. The van der Waals surface area contributed by atoms with Gasteiger partial charge < -0.3 is 14.5 Å². The van der Waals surface area contributed by atoms with Crippen LogP contribution in [0.15, 0.2) is 16.5 Å². The summed E-state index contributed by atoms with van der Waals surface area (Å²) in [5, 5.41) is 3.06. The van der Waals surface area contributed by atoms with E-state index < -0.39 is 6.04 Å². The first-order chi connectivity index (χ1) is 16.0. The van der Waals surface area contributed by atoms with Crippen LogP contribution in [0.2, 0.25) is 0 Å². The van der Waals surface area contributed by atoms with E-state index in [1.807, 2.05) is 25.3 Å². The first-order valence-electron chi connectivity index (χ1n) is 12.0. The van der Waals surface area contributed by atoms with E-state index in [4.69, 9.17) is 9.15 Å². The van der Waals surface area contributed by atoms with Crippen molar-refractivity contribution in [1.82, 2.24) is 15.1 Å². The number of imide groups is 1. The van der Waals surface area contributed by atoms with Gasteiger partial charge in [-0.1, -0.05) is 12.8 Å². The van der Waals surface area contributed by atoms with Gasteiger partial charge in [-0.15, -0.1) is 0 Å². The molecule has 8 nitrogen and oxygen atoms in total. The zero-order valence-corrected chi connectivity index (χ0v) is 20.4. The zero-order chi connectivity index (χ0) is 23.4. The van der Waals surface area contributed by atoms with Gasteiger partial charge in [0.15, 0.2) is 0 Å². The van der Waals surface area contributed by atoms with Crippen molar-refractivity contribution in [3.8, 4) is 0 Å². The highest BCUT2D eigenvalue weighted by Gasteiger charge is 2.51. The van der Waals surface area contributed by atoms with Crippen molar-refractivity contribution in [2.24, 2.45) is 11.8 Å². The number of nitrogens with zero attached hydrogens (tertiary/aromatic N) is 2. The Bertz CT molecular complexity index is 829. The molecule has 3 fully saturated rings. The van der Waals surface area contributed by atoms with E-state index in [0.717, 1.165) is 50.3 Å². The lowest BCUT2D eigenvalue weighted by Crippen LogP contribution is -2.52. The van der Waals surface area contributed by atoms with Crippen molar-refractivity contribution in [1.29, 1.82) is 0 Å². The summed E-state index contributed by atoms with van der Waals surface area (Å²) in [5.74, 6) is 1.26. The summed E-state index contributed by atoms with van der Waals surface area (Å²) in [6.07, 6.45) is 5.88. The van der Waals surface area contributed by atoms with Crippen molar-refractivity contribution in [2.75, 3.05) is 44.9 Å². The number of furan rings is 1. The Kier molecular flexibility index (Phi) is 8.14. The molecule has 3 aliphatic rings. The molecule has 0 spiro atoms. The first kappa shape index (κ1) is 24.3. The minimum Gasteiger partial charge on any atom is -0.465 e. The lowest BCUT2D eigenvalue weighted by Gasteiger charge is -2.34. The minimum absolute atomic E-state index is 0.125. The molecule has 3 amide bonds. The quantitative estimate of drug-likeness (QED) is 0.546. The van der Waals surface area contributed by atoms with Gasteiger partial charge in [0.05, 0.1) is 31.1 Å². The summed E-state index contributed by atoms with van der Waals surface area (Å²) < 4.78 is 11.4. The Morgan fingerprint density at radius 2 is 1.82 bits per heavy atom. The number of hydrogen-bond donors (Lipinski definition) is 1. The molecule has 0 radical (unpaired) electrons. The second-order valence-corrected chi connectivity index (χ2v) is 10.2. The maximum Gasteiger partial charge on any atom is 0.243 e. The van der Waals surface area contributed by atoms with Gasteiger partial charge in [-0.2, -0.15) is 11.8 Å². The van der Waals surface area contributed by atoms with Crippen molar-refractivity contribution in [2.45, 2.75) is 51.1 Å². The van der Waals surface area contributed by atoms with Gasteiger partial charge in [0.1, 0.15) is 17.6 Å². The SMILES string of the molecule is CSCCC(C(=O)NCC(c1ccc(C)o1)N1CCOCC1)N1C(=O)C2CCCCC2C1=O. The Hall–Kier alpha value is -1.84. The highest BCUT2D eigenvalue weighted by atomic mass is 32.2. The van der Waals surface area contributed by atoms with Crippen LogP contribution in [-0.4, -0.2) is 78.4 Å². The molecular formula is C24H35N3O5S. The number of likely N-dealkylation sites (tertiary alicyclic amines) is 1. The highest BCUT2D eigenvalue weighted by molar-refractivity contribution is 7.98. The molecule has 2 saturated heterocycles. The average Bonchev–Trinajstić information content (AvgIpc) is 3.37. The van der Waals surface area contributed by atoms with Crippen LogP contribution >= 0.6 is 11.8 Å². The Labute approximate surface area is 199 Å². The molecule has 4 atom stereocenters. The van der Waals surface area contributed by atoms with Gasteiger partial charge in [-0.25, -0.2) is 0 Å². The summed E-state index contributed by atoms with van der Waals surface area (Å²) in [6.45, 7) is 5.04. The van der Waals surface area contributed by atoms with Crippen molar-refractivity contribution < 1.29 is 23.5 Å². The van der Waals surface area contributed by atoms with E-state index in [0.29, 0.717) is 31.9 Å². The number of fused-ring (bicyclic) bond motifs is 1. The van der Waals surface area contributed by atoms with E-state index in [1.54, 1.807) is 11.8 Å². The molecule has 33 heavy (non-hydrogen) atoms. The Balaban J connectivity index is 1.49. The van der Waals surface area contributed by atoms with Gasteiger partial charge in [-0.3, -0.25) is 24.2 Å². The van der Waals surface area contributed by atoms with Crippen LogP contribution in [0, 0.1) is 18.8 Å². The van der Waals surface area contributed by atoms with Crippen LogP contribution in [0.25, 0.3) is 0 Å². The van der Waals surface area contributed by atoms with Gasteiger partial charge in [0, 0.05) is 19.6 Å². The summed E-state index contributed by atoms with van der Waals surface area (Å²) in [5.41, 5.74) is 0. The molecule has 4 rings (SSSR count). The third kappa shape index (κ3) is 5.30. The monoisotopic (exact) mass is 477 g/mol. The Morgan fingerprint density at radius 3 is 2.39 bits per heavy atom. The normalized spacial score (nSPS) is 25.7. The van der Waals surface area contributed by atoms with Crippen molar-refractivity contribution >= 4 is 29.5 Å². The number of carbonyl (C=O) groups excluding carboxylic acids is 3. The molecule has 1 aromatic rings. The van der Waals surface area contributed by atoms with Crippen LogP contribution in [0.3, 0.4) is 0 Å². The summed E-state index contributed by atoms with van der Waals surface area (Å²) in [6, 6.07) is 2.99. The predicted octanol–water partition coefficient (Wildman–Crippen LogP) is 2.37. The number of carbonyl (C=O) groups is 3. The highest BCUT2D eigenvalue weighted by Crippen LogP contribution is 2.39. The van der Waals surface area contributed by atoms with E-state index in [1.165, 1.54) is 4.90 Å². The van der Waals surface area contributed by atoms with Crippen LogP contribution in [0.1, 0.15) is 49.7 Å². The Morgan fingerprint density at radius 1 is 1.15 bits per heavy atom. The van der Waals surface area contributed by atoms with E-state index >= 15 is 0 Å². The lowest BCUT2D eigenvalue weighted by atomic mass is 9.81. The van der Waals surface area contributed by atoms with Gasteiger partial charge in [0.2, 0.25) is 17.7 Å². The molecular weight excluding hydrogens is 442 g/mol. The summed E-state index contributed by atoms with van der Waals surface area (Å²) >= 11 is 1.61. The summed E-state index contributed by atoms with van der Waals surface area (Å²) in [4.78, 5) is 43.3. The van der Waals surface area contributed by atoms with Crippen LogP contribution in [-0.2, 0) is 19.1 Å². The van der Waals surface area contributed by atoms with E-state index in [2.05, 4.69) is 10.2 Å². The average molecular weight is 478 g/mol. The van der Waals surface area contributed by atoms with Crippen molar-refractivity contribution in [3.63, 3.8) is 0 Å². The molecule has 0 aromatic carbocycles. The zero-order valence-electron chi connectivity index (χ0n) is 19.6. The molecule has 4 unspecified atom stereocenters. The van der Waals surface area contributed by atoms with Gasteiger partial charge >= 0.3 is 0 Å². The second-order valence-electron chi connectivity index (χ2n) is 9.20. The molecule has 3 heterocycles. The second kappa shape index (κ2) is 11.1. The molecule has 1 N–H and O–H groups in total. The van der Waals surface area contributed by atoms with Gasteiger partial charge in [0.25, 0.3) is 0 Å².